The molecule has 1 N–H and O–H groups in total. The number of ether oxygens (including phenoxy) is 3. The van der Waals surface area contributed by atoms with Crippen LogP contribution in [0.15, 0.2) is 54.6 Å². The van der Waals surface area contributed by atoms with E-state index >= 15 is 0 Å². The third kappa shape index (κ3) is 7.12. The van der Waals surface area contributed by atoms with Crippen molar-refractivity contribution in [2.45, 2.75) is 12.5 Å². The molecule has 0 saturated heterocycles. The van der Waals surface area contributed by atoms with Crippen LogP contribution in [0.25, 0.3) is 6.08 Å². The van der Waals surface area contributed by atoms with Gasteiger partial charge in [0.1, 0.15) is 6.04 Å². The molecule has 0 fully saturated rings. The van der Waals surface area contributed by atoms with Gasteiger partial charge in [0.25, 0.3) is 5.91 Å². The molecule has 3 aromatic rings. The van der Waals surface area contributed by atoms with Crippen LogP contribution in [0.5, 0.6) is 11.8 Å². The van der Waals surface area contributed by atoms with Gasteiger partial charge in [0.2, 0.25) is 17.7 Å². The van der Waals surface area contributed by atoms with Crippen molar-refractivity contribution < 1.29 is 23.8 Å². The van der Waals surface area contributed by atoms with Crippen molar-refractivity contribution in [1.82, 2.24) is 15.3 Å². The molecule has 0 saturated carbocycles. The number of halogens is 2. The molecule has 0 spiro atoms. The van der Waals surface area contributed by atoms with E-state index in [1.165, 1.54) is 21.3 Å². The molecule has 0 radical (unpaired) electrons. The van der Waals surface area contributed by atoms with Gasteiger partial charge < -0.3 is 24.4 Å². The van der Waals surface area contributed by atoms with Crippen molar-refractivity contribution >= 4 is 52.8 Å². The van der Waals surface area contributed by atoms with Crippen LogP contribution in [0, 0.1) is 0 Å². The average Bonchev–Trinajstić information content (AvgIpc) is 2.91. The van der Waals surface area contributed by atoms with E-state index in [2.05, 4.69) is 15.3 Å². The highest BCUT2D eigenvalue weighted by Gasteiger charge is 2.23. The molecule has 1 unspecified atom stereocenters. The van der Waals surface area contributed by atoms with Crippen molar-refractivity contribution in [3.8, 4) is 11.8 Å². The summed E-state index contributed by atoms with van der Waals surface area (Å²) in [4.78, 5) is 35.5. The second-order valence-corrected chi connectivity index (χ2v) is 8.50. The summed E-state index contributed by atoms with van der Waals surface area (Å²) in [5.74, 6) is 0.0273. The molecule has 194 valence electrons. The van der Waals surface area contributed by atoms with Crippen LogP contribution in [-0.2, 0) is 9.53 Å². The Hall–Kier alpha value is -3.82. The van der Waals surface area contributed by atoms with Gasteiger partial charge in [-0.1, -0.05) is 53.6 Å². The quantitative estimate of drug-likeness (QED) is 0.358. The van der Waals surface area contributed by atoms with Crippen molar-refractivity contribution in [2.24, 2.45) is 0 Å². The largest absolute Gasteiger partial charge is 0.481 e. The highest BCUT2D eigenvalue weighted by atomic mass is 35.5. The van der Waals surface area contributed by atoms with Crippen LogP contribution < -0.4 is 19.7 Å². The first kappa shape index (κ1) is 27.8. The Morgan fingerprint density at radius 2 is 1.59 bits per heavy atom. The molecule has 3 rings (SSSR count). The minimum Gasteiger partial charge on any atom is -0.481 e. The number of carbonyl (C=O) groups is 2. The Kier molecular flexibility index (Phi) is 9.71. The first-order valence-electron chi connectivity index (χ1n) is 11.1. The van der Waals surface area contributed by atoms with Gasteiger partial charge in [0, 0.05) is 12.7 Å². The topological polar surface area (TPSA) is 103 Å². The van der Waals surface area contributed by atoms with Crippen molar-refractivity contribution in [2.75, 3.05) is 33.3 Å². The summed E-state index contributed by atoms with van der Waals surface area (Å²) in [6.45, 7) is 0. The zero-order valence-electron chi connectivity index (χ0n) is 20.7. The van der Waals surface area contributed by atoms with E-state index in [9.17, 15) is 9.59 Å². The fourth-order valence-corrected chi connectivity index (χ4v) is 3.89. The monoisotopic (exact) mass is 544 g/mol. The number of hydrogen-bond donors (Lipinski definition) is 1. The van der Waals surface area contributed by atoms with Crippen LogP contribution in [0.1, 0.15) is 22.3 Å². The predicted molar refractivity (Wildman–Crippen MR) is 143 cm³/mol. The normalized spacial score (nSPS) is 11.6. The molecule has 11 heteroatoms. The standard InChI is InChI=1S/C26H26Cl2N4O5/c1-32(26-30-21(35-2)15-22(31-26)36-3)17-13-11-16(12-14-17)7-5-10-20(25(34)37-4)29-24(33)23-18(27)8-6-9-19(23)28/h5-9,11-15,20H,10H2,1-4H3,(H,29,33). The number of carbonyl (C=O) groups excluding carboxylic acids is 2. The van der Waals surface area contributed by atoms with E-state index in [1.807, 2.05) is 37.4 Å². The molecule has 1 amide bonds. The van der Waals surface area contributed by atoms with Crippen molar-refractivity contribution in [1.29, 1.82) is 0 Å². The molecule has 1 aromatic heterocycles. The molecule has 9 nitrogen and oxygen atoms in total. The molecule has 0 bridgehead atoms. The van der Waals surface area contributed by atoms with Gasteiger partial charge >= 0.3 is 5.97 Å². The fraction of sp³-hybridized carbons (Fsp3) is 0.231. The highest BCUT2D eigenvalue weighted by Crippen LogP contribution is 2.26. The fourth-order valence-electron chi connectivity index (χ4n) is 3.32. The number of nitrogens with zero attached hydrogens (tertiary/aromatic N) is 3. The van der Waals surface area contributed by atoms with Gasteiger partial charge in [-0.3, -0.25) is 4.79 Å². The number of hydrogen-bond acceptors (Lipinski definition) is 8. The maximum absolute atomic E-state index is 12.7. The third-order valence-corrected chi connectivity index (χ3v) is 5.96. The molecule has 1 atom stereocenters. The summed E-state index contributed by atoms with van der Waals surface area (Å²) < 4.78 is 15.3. The molecule has 2 aromatic carbocycles. The summed E-state index contributed by atoms with van der Waals surface area (Å²) >= 11 is 12.2. The zero-order chi connectivity index (χ0) is 26.9. The zero-order valence-corrected chi connectivity index (χ0v) is 22.2. The maximum Gasteiger partial charge on any atom is 0.328 e. The van der Waals surface area contributed by atoms with E-state index < -0.39 is 17.9 Å². The third-order valence-electron chi connectivity index (χ3n) is 5.33. The number of esters is 1. The molecule has 37 heavy (non-hydrogen) atoms. The van der Waals surface area contributed by atoms with Crippen LogP contribution in [-0.4, -0.2) is 56.3 Å². The van der Waals surface area contributed by atoms with E-state index in [0.717, 1.165) is 11.3 Å². The molecular formula is C26H26Cl2N4O5. The molecule has 0 aliphatic carbocycles. The minimum atomic E-state index is -0.924. The lowest BCUT2D eigenvalue weighted by molar-refractivity contribution is -0.142. The molecule has 1 heterocycles. The lowest BCUT2D eigenvalue weighted by atomic mass is 10.1. The van der Waals surface area contributed by atoms with Gasteiger partial charge in [-0.25, -0.2) is 4.79 Å². The van der Waals surface area contributed by atoms with E-state index in [1.54, 1.807) is 35.2 Å². The smallest absolute Gasteiger partial charge is 0.328 e. The summed E-state index contributed by atoms with van der Waals surface area (Å²) in [5, 5.41) is 3.01. The van der Waals surface area contributed by atoms with E-state index in [4.69, 9.17) is 37.4 Å². The van der Waals surface area contributed by atoms with Crippen LogP contribution >= 0.6 is 23.2 Å². The molecular weight excluding hydrogens is 519 g/mol. The second-order valence-electron chi connectivity index (χ2n) is 7.69. The predicted octanol–water partition coefficient (Wildman–Crippen LogP) is 4.94. The summed E-state index contributed by atoms with van der Waals surface area (Å²) in [6.07, 6.45) is 3.80. The Morgan fingerprint density at radius 1 is 1.00 bits per heavy atom. The van der Waals surface area contributed by atoms with Gasteiger partial charge in [0.05, 0.1) is 43.0 Å². The summed E-state index contributed by atoms with van der Waals surface area (Å²) in [7, 11) is 6.13. The van der Waals surface area contributed by atoms with Gasteiger partial charge in [-0.2, -0.15) is 9.97 Å². The van der Waals surface area contributed by atoms with Crippen LogP contribution in [0.2, 0.25) is 10.0 Å². The van der Waals surface area contributed by atoms with Crippen LogP contribution in [0.4, 0.5) is 11.6 Å². The van der Waals surface area contributed by atoms with Gasteiger partial charge in [0.15, 0.2) is 0 Å². The lowest BCUT2D eigenvalue weighted by Gasteiger charge is -2.18. The van der Waals surface area contributed by atoms with E-state index in [-0.39, 0.29) is 22.0 Å². The summed E-state index contributed by atoms with van der Waals surface area (Å²) in [5.41, 5.74) is 1.82. The number of rotatable bonds is 10. The molecule has 0 aliphatic heterocycles. The summed E-state index contributed by atoms with van der Waals surface area (Å²) in [6, 6.07) is 13.0. The highest BCUT2D eigenvalue weighted by molar-refractivity contribution is 6.39. The minimum absolute atomic E-state index is 0.0982. The average molecular weight is 545 g/mol. The first-order chi connectivity index (χ1) is 17.8. The molecule has 0 aliphatic rings. The Labute approximate surface area is 225 Å². The first-order valence-corrected chi connectivity index (χ1v) is 11.8. The SMILES string of the molecule is COC(=O)C(CC=Cc1ccc(N(C)c2nc(OC)cc(OC)n2)cc1)NC(=O)c1c(Cl)cccc1Cl. The van der Waals surface area contributed by atoms with Gasteiger partial charge in [-0.05, 0) is 36.2 Å². The van der Waals surface area contributed by atoms with Crippen LogP contribution in [0.3, 0.4) is 0 Å². The van der Waals surface area contributed by atoms with E-state index in [0.29, 0.717) is 17.7 Å². The maximum atomic E-state index is 12.7. The number of aromatic nitrogens is 2. The number of anilines is 2. The number of nitrogens with one attached hydrogen (secondary N) is 1. The van der Waals surface area contributed by atoms with Crippen molar-refractivity contribution in [3.63, 3.8) is 0 Å². The Bertz CT molecular complexity index is 1240. The Morgan fingerprint density at radius 3 is 2.14 bits per heavy atom. The second kappa shape index (κ2) is 12.9. The Balaban J connectivity index is 1.69. The number of methoxy groups -OCH3 is 3. The number of amides is 1. The number of benzene rings is 2. The van der Waals surface area contributed by atoms with Gasteiger partial charge in [-0.15, -0.1) is 0 Å². The van der Waals surface area contributed by atoms with Crippen molar-refractivity contribution in [3.05, 3.63) is 75.8 Å². The lowest BCUT2D eigenvalue weighted by Crippen LogP contribution is -2.41.